The van der Waals surface area contributed by atoms with E-state index in [0.29, 0.717) is 17.2 Å². The molecule has 180 valence electrons. The fraction of sp³-hybridized carbons (Fsp3) is 0.381. The predicted octanol–water partition coefficient (Wildman–Crippen LogP) is 1.05. The summed E-state index contributed by atoms with van der Waals surface area (Å²) in [5, 5.41) is 2.68. The number of hydrogen-bond donors (Lipinski definition) is 1. The third-order valence-electron chi connectivity index (χ3n) is 5.00. The van der Waals surface area contributed by atoms with E-state index >= 15 is 0 Å². The number of carbonyl (C=O) groups is 1. The highest BCUT2D eigenvalue weighted by molar-refractivity contribution is 7.92. The number of nitrogens with zero attached hydrogens (tertiary/aromatic N) is 2. The SMILES string of the molecule is CCS(=O)(=O)N1C[C@H](C(=O)NCCOc2ccc(S(=O)(=O)N(C)C)cc2)Oc2ccccc21. The summed E-state index contributed by atoms with van der Waals surface area (Å²) in [6.45, 7) is 1.70. The van der Waals surface area contributed by atoms with Crippen LogP contribution in [0.3, 0.4) is 0 Å². The number of hydrogen-bond acceptors (Lipinski definition) is 7. The lowest BCUT2D eigenvalue weighted by molar-refractivity contribution is -0.127. The van der Waals surface area contributed by atoms with Gasteiger partial charge in [0.1, 0.15) is 18.1 Å². The van der Waals surface area contributed by atoms with Gasteiger partial charge in [-0.3, -0.25) is 9.10 Å². The minimum absolute atomic E-state index is 0.0991. The summed E-state index contributed by atoms with van der Waals surface area (Å²) in [5.41, 5.74) is 0.409. The smallest absolute Gasteiger partial charge is 0.263 e. The Morgan fingerprint density at radius 3 is 2.42 bits per heavy atom. The molecule has 0 bridgehead atoms. The van der Waals surface area contributed by atoms with E-state index in [9.17, 15) is 21.6 Å². The first-order valence-electron chi connectivity index (χ1n) is 10.3. The van der Waals surface area contributed by atoms with Crippen LogP contribution in [0.5, 0.6) is 11.5 Å². The molecule has 1 aliphatic rings. The van der Waals surface area contributed by atoms with Gasteiger partial charge in [0.15, 0.2) is 6.10 Å². The number of ether oxygens (including phenoxy) is 2. The largest absolute Gasteiger partial charge is 0.492 e. The van der Waals surface area contributed by atoms with Gasteiger partial charge in [0.05, 0.1) is 29.4 Å². The Hall–Kier alpha value is -2.83. The molecule has 2 aromatic rings. The first-order valence-corrected chi connectivity index (χ1v) is 13.3. The molecule has 0 spiro atoms. The van der Waals surface area contributed by atoms with Crippen molar-refractivity contribution in [2.45, 2.75) is 17.9 Å². The van der Waals surface area contributed by atoms with Crippen LogP contribution in [0.1, 0.15) is 6.92 Å². The lowest BCUT2D eigenvalue weighted by Gasteiger charge is -2.34. The van der Waals surface area contributed by atoms with Gasteiger partial charge in [0.25, 0.3) is 5.91 Å². The van der Waals surface area contributed by atoms with Crippen LogP contribution in [0.2, 0.25) is 0 Å². The van der Waals surface area contributed by atoms with Crippen molar-refractivity contribution in [1.82, 2.24) is 9.62 Å². The van der Waals surface area contributed by atoms with Gasteiger partial charge < -0.3 is 14.8 Å². The summed E-state index contributed by atoms with van der Waals surface area (Å²) in [5.74, 6) is 0.213. The molecule has 2 aromatic carbocycles. The van der Waals surface area contributed by atoms with Crippen molar-refractivity contribution in [3.63, 3.8) is 0 Å². The van der Waals surface area contributed by atoms with Crippen molar-refractivity contribution >= 4 is 31.6 Å². The summed E-state index contributed by atoms with van der Waals surface area (Å²) in [4.78, 5) is 12.8. The van der Waals surface area contributed by atoms with Crippen molar-refractivity contribution in [2.24, 2.45) is 0 Å². The van der Waals surface area contributed by atoms with Gasteiger partial charge in [-0.2, -0.15) is 0 Å². The number of sulfonamides is 2. The third-order valence-corrected chi connectivity index (χ3v) is 8.58. The maximum absolute atomic E-state index is 12.6. The number of carbonyl (C=O) groups excluding carboxylic acids is 1. The fourth-order valence-corrected chi connectivity index (χ4v) is 5.16. The molecule has 0 saturated carbocycles. The minimum Gasteiger partial charge on any atom is -0.492 e. The summed E-state index contributed by atoms with van der Waals surface area (Å²) in [6.07, 6.45) is -1.00. The second kappa shape index (κ2) is 9.98. The molecule has 1 heterocycles. The summed E-state index contributed by atoms with van der Waals surface area (Å²) in [6, 6.07) is 12.6. The first-order chi connectivity index (χ1) is 15.6. The van der Waals surface area contributed by atoms with Crippen LogP contribution < -0.4 is 19.1 Å². The van der Waals surface area contributed by atoms with Crippen molar-refractivity contribution in [3.05, 3.63) is 48.5 Å². The highest BCUT2D eigenvalue weighted by Gasteiger charge is 2.35. The van der Waals surface area contributed by atoms with E-state index < -0.39 is 32.1 Å². The maximum atomic E-state index is 12.6. The van der Waals surface area contributed by atoms with Gasteiger partial charge in [0.2, 0.25) is 20.0 Å². The fourth-order valence-electron chi connectivity index (χ4n) is 3.13. The topological polar surface area (TPSA) is 122 Å². The molecule has 0 fully saturated rings. The number of para-hydroxylation sites is 2. The normalized spacial score (nSPS) is 16.1. The average molecular weight is 498 g/mol. The van der Waals surface area contributed by atoms with Gasteiger partial charge >= 0.3 is 0 Å². The van der Waals surface area contributed by atoms with E-state index in [-0.39, 0.29) is 30.3 Å². The number of fused-ring (bicyclic) bond motifs is 1. The van der Waals surface area contributed by atoms with E-state index in [1.165, 1.54) is 42.7 Å². The van der Waals surface area contributed by atoms with Crippen LogP contribution in [0.25, 0.3) is 0 Å². The number of benzene rings is 2. The van der Waals surface area contributed by atoms with Gasteiger partial charge in [0, 0.05) is 14.1 Å². The molecule has 0 aliphatic carbocycles. The van der Waals surface area contributed by atoms with Gasteiger partial charge in [-0.25, -0.2) is 21.1 Å². The molecule has 33 heavy (non-hydrogen) atoms. The quantitative estimate of drug-likeness (QED) is 0.514. The molecule has 0 radical (unpaired) electrons. The number of nitrogens with one attached hydrogen (secondary N) is 1. The van der Waals surface area contributed by atoms with Crippen LogP contribution in [-0.4, -0.2) is 72.7 Å². The highest BCUT2D eigenvalue weighted by atomic mass is 32.2. The Bertz CT molecular complexity index is 1200. The maximum Gasteiger partial charge on any atom is 0.263 e. The van der Waals surface area contributed by atoms with Gasteiger partial charge in [-0.15, -0.1) is 0 Å². The average Bonchev–Trinajstić information content (AvgIpc) is 2.81. The lowest BCUT2D eigenvalue weighted by Crippen LogP contribution is -2.51. The Labute approximate surface area is 194 Å². The molecule has 0 unspecified atom stereocenters. The Morgan fingerprint density at radius 2 is 1.79 bits per heavy atom. The molecule has 1 atom stereocenters. The van der Waals surface area contributed by atoms with E-state index in [1.54, 1.807) is 31.2 Å². The summed E-state index contributed by atoms with van der Waals surface area (Å²) < 4.78 is 62.8. The Morgan fingerprint density at radius 1 is 1.12 bits per heavy atom. The second-order valence-electron chi connectivity index (χ2n) is 7.40. The molecule has 1 N–H and O–H groups in total. The van der Waals surface area contributed by atoms with Crippen LogP contribution >= 0.6 is 0 Å². The number of amides is 1. The van der Waals surface area contributed by atoms with E-state index in [0.717, 1.165) is 4.31 Å². The molecule has 1 aliphatic heterocycles. The molecule has 12 heteroatoms. The second-order valence-corrected chi connectivity index (χ2v) is 11.7. The van der Waals surface area contributed by atoms with Gasteiger partial charge in [-0.1, -0.05) is 12.1 Å². The van der Waals surface area contributed by atoms with E-state index in [1.807, 2.05) is 0 Å². The number of anilines is 1. The summed E-state index contributed by atoms with van der Waals surface area (Å²) in [7, 11) is -4.20. The zero-order valence-corrected chi connectivity index (χ0v) is 20.2. The number of rotatable bonds is 9. The van der Waals surface area contributed by atoms with Crippen LogP contribution in [0.15, 0.2) is 53.4 Å². The first kappa shape index (κ1) is 24.8. The van der Waals surface area contributed by atoms with Crippen molar-refractivity contribution < 1.29 is 31.1 Å². The molecule has 3 rings (SSSR count). The Kier molecular flexibility index (Phi) is 7.50. The third kappa shape index (κ3) is 5.57. The predicted molar refractivity (Wildman–Crippen MR) is 123 cm³/mol. The summed E-state index contributed by atoms with van der Waals surface area (Å²) >= 11 is 0. The molecule has 10 nitrogen and oxygen atoms in total. The van der Waals surface area contributed by atoms with Crippen molar-refractivity contribution in [1.29, 1.82) is 0 Å². The van der Waals surface area contributed by atoms with Crippen LogP contribution in [0, 0.1) is 0 Å². The van der Waals surface area contributed by atoms with Crippen molar-refractivity contribution in [3.8, 4) is 11.5 Å². The van der Waals surface area contributed by atoms with E-state index in [4.69, 9.17) is 9.47 Å². The zero-order chi connectivity index (χ0) is 24.2. The standard InChI is InChI=1S/C21H27N3O7S2/c1-4-32(26,27)24-15-20(31-19-8-6-5-7-18(19)24)21(25)22-13-14-30-16-9-11-17(12-10-16)33(28,29)23(2)3/h5-12,20H,4,13-15H2,1-3H3,(H,22,25)/t20-/m1/s1. The lowest BCUT2D eigenvalue weighted by atomic mass is 10.2. The zero-order valence-electron chi connectivity index (χ0n) is 18.6. The van der Waals surface area contributed by atoms with Gasteiger partial charge in [-0.05, 0) is 43.3 Å². The van der Waals surface area contributed by atoms with Crippen molar-refractivity contribution in [2.75, 3.05) is 43.8 Å². The highest BCUT2D eigenvalue weighted by Crippen LogP contribution is 2.35. The van der Waals surface area contributed by atoms with Crippen LogP contribution in [0.4, 0.5) is 5.69 Å². The molecular weight excluding hydrogens is 470 g/mol. The molecular formula is C21H27N3O7S2. The van der Waals surface area contributed by atoms with Crippen LogP contribution in [-0.2, 0) is 24.8 Å². The Balaban J connectivity index is 1.56. The molecule has 0 aromatic heterocycles. The minimum atomic E-state index is -3.58. The molecule has 1 amide bonds. The van der Waals surface area contributed by atoms with E-state index in [2.05, 4.69) is 5.32 Å². The molecule has 0 saturated heterocycles. The monoisotopic (exact) mass is 497 g/mol.